The van der Waals surface area contributed by atoms with Crippen LogP contribution in [0.4, 0.5) is 0 Å². The van der Waals surface area contributed by atoms with Gasteiger partial charge >= 0.3 is 0 Å². The molecule has 37 heavy (non-hydrogen) atoms. The molecule has 0 heteroatoms. The van der Waals surface area contributed by atoms with Crippen LogP contribution in [0.25, 0.3) is 28.0 Å². The number of hydrogen-bond acceptors (Lipinski definition) is 0. The molecule has 0 unspecified atom stereocenters. The van der Waals surface area contributed by atoms with Gasteiger partial charge in [0.15, 0.2) is 0 Å². The van der Waals surface area contributed by atoms with Gasteiger partial charge < -0.3 is 0 Å². The van der Waals surface area contributed by atoms with Crippen LogP contribution >= 0.6 is 0 Å². The number of rotatable bonds is 5. The highest BCUT2D eigenvalue weighted by Gasteiger charge is 2.19. The summed E-state index contributed by atoms with van der Waals surface area (Å²) in [7, 11) is 0. The predicted molar refractivity (Wildman–Crippen MR) is 156 cm³/mol. The Morgan fingerprint density at radius 2 is 1.24 bits per heavy atom. The van der Waals surface area contributed by atoms with Gasteiger partial charge in [0.2, 0.25) is 0 Å². The molecule has 0 N–H and O–H groups in total. The lowest BCUT2D eigenvalue weighted by atomic mass is 9.86. The highest BCUT2D eigenvalue weighted by atomic mass is 14.2. The minimum Gasteiger partial charge on any atom is -0.0801 e. The molecule has 0 heterocycles. The lowest BCUT2D eigenvalue weighted by Crippen LogP contribution is -2.20. The van der Waals surface area contributed by atoms with E-state index in [-0.39, 0.29) is 0 Å². The second-order valence-corrected chi connectivity index (χ2v) is 10.1. The topological polar surface area (TPSA) is 0 Å². The maximum Gasteiger partial charge on any atom is -0.00203 e. The molecule has 0 radical (unpaired) electrons. The number of allylic oxidation sites excluding steroid dienone is 4. The summed E-state index contributed by atoms with van der Waals surface area (Å²) in [6.45, 7) is 0. The molecule has 0 spiro atoms. The Kier molecular flexibility index (Phi) is 5.44. The van der Waals surface area contributed by atoms with Crippen molar-refractivity contribution in [2.45, 2.75) is 19.3 Å². The summed E-state index contributed by atoms with van der Waals surface area (Å²) in [5, 5.41) is 8.20. The largest absolute Gasteiger partial charge is 0.0801 e. The van der Waals surface area contributed by atoms with Gasteiger partial charge in [0, 0.05) is 0 Å². The van der Waals surface area contributed by atoms with Crippen LogP contribution in [0.2, 0.25) is 0 Å². The summed E-state index contributed by atoms with van der Waals surface area (Å²) in [4.78, 5) is 0. The molecule has 5 aromatic carbocycles. The molecule has 2 aliphatic rings. The molecule has 0 saturated heterocycles. The van der Waals surface area contributed by atoms with Gasteiger partial charge in [-0.15, -0.1) is 0 Å². The van der Waals surface area contributed by atoms with Crippen molar-refractivity contribution in [1.82, 2.24) is 0 Å². The predicted octanol–water partition coefficient (Wildman–Crippen LogP) is 7.25. The van der Waals surface area contributed by atoms with Gasteiger partial charge in [0.05, 0.1) is 0 Å². The van der Waals surface area contributed by atoms with Crippen molar-refractivity contribution < 1.29 is 0 Å². The van der Waals surface area contributed by atoms with Crippen LogP contribution in [0, 0.1) is 10.4 Å². The molecule has 0 saturated carbocycles. The highest BCUT2D eigenvalue weighted by molar-refractivity contribution is 6.00. The quantitative estimate of drug-likeness (QED) is 0.248. The monoisotopic (exact) mass is 472 g/mol. The average molecular weight is 473 g/mol. The maximum atomic E-state index is 2.41. The Balaban J connectivity index is 1.71. The van der Waals surface area contributed by atoms with Crippen molar-refractivity contribution in [3.8, 4) is 0 Å². The fourth-order valence-corrected chi connectivity index (χ4v) is 6.14. The lowest BCUT2D eigenvalue weighted by molar-refractivity contribution is 1.14. The van der Waals surface area contributed by atoms with Crippen LogP contribution in [0.15, 0.2) is 127 Å². The number of fused-ring (bicyclic) bond motifs is 4. The van der Waals surface area contributed by atoms with Crippen LogP contribution in [0.3, 0.4) is 0 Å². The van der Waals surface area contributed by atoms with E-state index in [1.807, 2.05) is 0 Å². The number of benzene rings is 5. The number of hydrogen-bond donors (Lipinski definition) is 0. The van der Waals surface area contributed by atoms with Crippen LogP contribution in [0.5, 0.6) is 0 Å². The minimum atomic E-state index is 0.927. The molecule has 0 nitrogen and oxygen atoms in total. The average Bonchev–Trinajstić information content (AvgIpc) is 3.62. The first-order valence-electron chi connectivity index (χ1n) is 13.2. The van der Waals surface area contributed by atoms with E-state index in [0.717, 1.165) is 19.3 Å². The Labute approximate surface area is 217 Å². The minimum absolute atomic E-state index is 0.927. The van der Waals surface area contributed by atoms with Gasteiger partial charge in [-0.3, -0.25) is 0 Å². The maximum absolute atomic E-state index is 2.41. The molecule has 0 atom stereocenters. The SMILES string of the molecule is C1=CCC(c2c(=C(Cc3ccccc3)Cc3ccccc3)c3c(c4ccccc24)C=c2ccccc2=3)=C1. The van der Waals surface area contributed by atoms with Gasteiger partial charge in [-0.1, -0.05) is 133 Å². The van der Waals surface area contributed by atoms with E-state index >= 15 is 0 Å². The first-order valence-corrected chi connectivity index (χ1v) is 13.2. The van der Waals surface area contributed by atoms with Gasteiger partial charge in [0.1, 0.15) is 0 Å². The first kappa shape index (κ1) is 21.8. The van der Waals surface area contributed by atoms with E-state index in [2.05, 4.69) is 133 Å². The zero-order chi connectivity index (χ0) is 24.6. The first-order chi connectivity index (χ1) is 18.4. The molecule has 7 rings (SSSR count). The Bertz CT molecular complexity index is 1880. The van der Waals surface area contributed by atoms with Gasteiger partial charge in [-0.2, -0.15) is 0 Å². The molecule has 2 aliphatic carbocycles. The summed E-state index contributed by atoms with van der Waals surface area (Å²) in [5.41, 5.74) is 8.38. The van der Waals surface area contributed by atoms with E-state index in [4.69, 9.17) is 0 Å². The third kappa shape index (κ3) is 3.86. The Morgan fingerprint density at radius 3 is 1.92 bits per heavy atom. The van der Waals surface area contributed by atoms with Crippen molar-refractivity contribution >= 4 is 28.0 Å². The Hall–Kier alpha value is -4.42. The van der Waals surface area contributed by atoms with Crippen molar-refractivity contribution in [3.05, 3.63) is 171 Å². The van der Waals surface area contributed by atoms with Gasteiger partial charge in [0.25, 0.3) is 0 Å². The van der Waals surface area contributed by atoms with E-state index in [1.54, 1.807) is 0 Å². The van der Waals surface area contributed by atoms with E-state index in [9.17, 15) is 0 Å². The molecule has 5 aromatic rings. The molecule has 0 fully saturated rings. The fourth-order valence-electron chi connectivity index (χ4n) is 6.14. The molecule has 176 valence electrons. The zero-order valence-electron chi connectivity index (χ0n) is 20.8. The van der Waals surface area contributed by atoms with E-state index in [1.165, 1.54) is 65.0 Å². The van der Waals surface area contributed by atoms with E-state index < -0.39 is 0 Å². The fraction of sp³-hybridized carbons (Fsp3) is 0.0811. The summed E-state index contributed by atoms with van der Waals surface area (Å²) >= 11 is 0. The standard InChI is InChI=1S/C37H28/c1-3-13-26(14-4-1)23-30(24-27-15-5-2-6-16-27)36-35(28-17-7-8-18-28)33-22-12-11-21-32(33)34-25-29-19-9-10-20-31(29)37(34)36/h1-17,19-22,25H,18,23-24H2. The van der Waals surface area contributed by atoms with Crippen LogP contribution in [-0.2, 0) is 12.8 Å². The smallest absolute Gasteiger partial charge is 0.00203 e. The van der Waals surface area contributed by atoms with Crippen LogP contribution < -0.4 is 10.4 Å². The molecular formula is C37H28. The highest BCUT2D eigenvalue weighted by Crippen LogP contribution is 2.32. The summed E-state index contributed by atoms with van der Waals surface area (Å²) < 4.78 is 0. The molecular weight excluding hydrogens is 444 g/mol. The Morgan fingerprint density at radius 1 is 0.622 bits per heavy atom. The van der Waals surface area contributed by atoms with Crippen molar-refractivity contribution in [2.75, 3.05) is 0 Å². The summed E-state index contributed by atoms with van der Waals surface area (Å²) in [6, 6.07) is 39.9. The van der Waals surface area contributed by atoms with Crippen molar-refractivity contribution in [3.63, 3.8) is 0 Å². The zero-order valence-corrected chi connectivity index (χ0v) is 20.8. The third-order valence-corrected chi connectivity index (χ3v) is 7.75. The molecule has 0 aliphatic heterocycles. The molecule has 0 aromatic heterocycles. The van der Waals surface area contributed by atoms with Crippen LogP contribution in [0.1, 0.15) is 28.7 Å². The second kappa shape index (κ2) is 9.22. The van der Waals surface area contributed by atoms with Crippen molar-refractivity contribution in [2.24, 2.45) is 0 Å². The summed E-state index contributed by atoms with van der Waals surface area (Å²) in [5.74, 6) is 0. The molecule has 0 amide bonds. The second-order valence-electron chi connectivity index (χ2n) is 10.1. The van der Waals surface area contributed by atoms with Gasteiger partial charge in [-0.05, 0) is 84.8 Å². The van der Waals surface area contributed by atoms with Crippen molar-refractivity contribution in [1.29, 1.82) is 0 Å². The normalized spacial score (nSPS) is 13.2. The van der Waals surface area contributed by atoms with E-state index in [0.29, 0.717) is 0 Å². The lowest BCUT2D eigenvalue weighted by Gasteiger charge is -2.17. The summed E-state index contributed by atoms with van der Waals surface area (Å²) in [6.07, 6.45) is 12.1. The van der Waals surface area contributed by atoms with Gasteiger partial charge in [-0.25, -0.2) is 0 Å². The van der Waals surface area contributed by atoms with Crippen LogP contribution in [-0.4, -0.2) is 0 Å². The third-order valence-electron chi connectivity index (χ3n) is 7.75. The molecule has 0 bridgehead atoms.